The van der Waals surface area contributed by atoms with E-state index in [0.29, 0.717) is 34.7 Å². The highest BCUT2D eigenvalue weighted by Crippen LogP contribution is 2.29. The van der Waals surface area contributed by atoms with E-state index in [9.17, 15) is 13.2 Å². The Balaban J connectivity index is 1.23. The third-order valence-corrected chi connectivity index (χ3v) is 9.02. The summed E-state index contributed by atoms with van der Waals surface area (Å²) in [5, 5.41) is 0.987. The number of piperidine rings is 2. The van der Waals surface area contributed by atoms with E-state index >= 15 is 0 Å². The van der Waals surface area contributed by atoms with Crippen LogP contribution in [0.2, 0.25) is 10.0 Å². The minimum Gasteiger partial charge on any atom is -0.490 e. The van der Waals surface area contributed by atoms with Crippen LogP contribution in [-0.2, 0) is 16.6 Å². The molecule has 2 aliphatic rings. The van der Waals surface area contributed by atoms with Gasteiger partial charge in [-0.15, -0.1) is 0 Å². The van der Waals surface area contributed by atoms with Gasteiger partial charge in [0.15, 0.2) is 0 Å². The number of carbonyl (C=O) groups excluding carboxylic acids is 1. The van der Waals surface area contributed by atoms with Crippen LogP contribution in [0.1, 0.15) is 48.5 Å². The van der Waals surface area contributed by atoms with Crippen molar-refractivity contribution in [2.24, 2.45) is 0 Å². The number of carbonyl (C=O) groups is 1. The maximum atomic E-state index is 12.8. The van der Waals surface area contributed by atoms with Crippen molar-refractivity contribution in [1.82, 2.24) is 13.9 Å². The van der Waals surface area contributed by atoms with Crippen molar-refractivity contribution < 1.29 is 17.9 Å². The molecule has 2 aromatic carbocycles. The van der Waals surface area contributed by atoms with Crippen LogP contribution >= 0.6 is 23.2 Å². The predicted molar refractivity (Wildman–Crippen MR) is 138 cm³/mol. The fourth-order valence-corrected chi connectivity index (χ4v) is 6.14. The molecular formula is C25H31Cl2N3O4S. The van der Waals surface area contributed by atoms with E-state index in [1.54, 1.807) is 24.3 Å². The molecule has 2 heterocycles. The SMILES string of the molecule is CCc1ccc(C(=O)NS(=O)(=O)N2CCC(N3CCC(Oc4ccc(Cl)c(Cl)c4)CC3)CC2)cc1. The Bertz CT molecular complexity index is 1130. The molecule has 1 amide bonds. The van der Waals surface area contributed by atoms with Gasteiger partial charge in [0.05, 0.1) is 10.0 Å². The highest BCUT2D eigenvalue weighted by Gasteiger charge is 2.33. The van der Waals surface area contributed by atoms with Gasteiger partial charge < -0.3 is 9.64 Å². The Kier molecular flexibility index (Phi) is 8.60. The second kappa shape index (κ2) is 11.5. The van der Waals surface area contributed by atoms with Crippen molar-refractivity contribution in [3.63, 3.8) is 0 Å². The van der Waals surface area contributed by atoms with Crippen LogP contribution in [0.3, 0.4) is 0 Å². The topological polar surface area (TPSA) is 79.0 Å². The van der Waals surface area contributed by atoms with Crippen LogP contribution in [-0.4, -0.2) is 61.9 Å². The zero-order valence-corrected chi connectivity index (χ0v) is 22.1. The molecule has 0 radical (unpaired) electrons. The van der Waals surface area contributed by atoms with Gasteiger partial charge in [-0.25, -0.2) is 4.72 Å². The standard InChI is InChI=1S/C25H31Cl2N3O4S/c1-2-18-3-5-19(6-4-18)25(31)28-35(32,33)30-15-9-20(10-16-30)29-13-11-21(12-14-29)34-22-7-8-23(26)24(27)17-22/h3-8,17,20-21H,2,9-16H2,1H3,(H,28,31). The molecule has 0 saturated carbocycles. The summed E-state index contributed by atoms with van der Waals surface area (Å²) in [6, 6.07) is 12.6. The van der Waals surface area contributed by atoms with E-state index in [1.807, 2.05) is 25.1 Å². The van der Waals surface area contributed by atoms with Crippen LogP contribution in [0.15, 0.2) is 42.5 Å². The molecule has 0 bridgehead atoms. The number of hydrogen-bond acceptors (Lipinski definition) is 5. The number of amides is 1. The van der Waals surface area contributed by atoms with Crippen molar-refractivity contribution in [2.45, 2.75) is 51.2 Å². The minimum absolute atomic E-state index is 0.116. The van der Waals surface area contributed by atoms with E-state index < -0.39 is 16.1 Å². The van der Waals surface area contributed by atoms with Crippen molar-refractivity contribution in [1.29, 1.82) is 0 Å². The summed E-state index contributed by atoms with van der Waals surface area (Å²) in [5.74, 6) is 0.124. The van der Waals surface area contributed by atoms with Crippen LogP contribution in [0.5, 0.6) is 5.75 Å². The highest BCUT2D eigenvalue weighted by molar-refractivity contribution is 7.87. The van der Waals surface area contributed by atoms with E-state index in [-0.39, 0.29) is 6.10 Å². The molecule has 2 fully saturated rings. The molecule has 2 aliphatic heterocycles. The van der Waals surface area contributed by atoms with Gasteiger partial charge in [-0.1, -0.05) is 42.3 Å². The van der Waals surface area contributed by atoms with Gasteiger partial charge in [-0.2, -0.15) is 12.7 Å². The average Bonchev–Trinajstić information content (AvgIpc) is 2.86. The summed E-state index contributed by atoms with van der Waals surface area (Å²) in [7, 11) is -3.88. The van der Waals surface area contributed by atoms with E-state index in [4.69, 9.17) is 27.9 Å². The molecule has 2 aromatic rings. The third kappa shape index (κ3) is 6.68. The van der Waals surface area contributed by atoms with Crippen LogP contribution in [0.25, 0.3) is 0 Å². The molecule has 0 atom stereocenters. The number of hydrogen-bond donors (Lipinski definition) is 1. The molecule has 0 spiro atoms. The predicted octanol–water partition coefficient (Wildman–Crippen LogP) is 4.54. The van der Waals surface area contributed by atoms with E-state index in [0.717, 1.165) is 56.5 Å². The average molecular weight is 541 g/mol. The summed E-state index contributed by atoms with van der Waals surface area (Å²) < 4.78 is 35.2. The number of nitrogens with zero attached hydrogens (tertiary/aromatic N) is 2. The summed E-state index contributed by atoms with van der Waals surface area (Å²) in [6.45, 7) is 4.60. The Morgan fingerprint density at radius 2 is 1.63 bits per heavy atom. The molecule has 0 aliphatic carbocycles. The zero-order valence-electron chi connectivity index (χ0n) is 19.8. The van der Waals surface area contributed by atoms with Crippen molar-refractivity contribution in [3.8, 4) is 5.75 Å². The lowest BCUT2D eigenvalue weighted by Crippen LogP contribution is -2.52. The number of likely N-dealkylation sites (tertiary alicyclic amines) is 1. The number of aryl methyl sites for hydroxylation is 1. The minimum atomic E-state index is -3.88. The van der Waals surface area contributed by atoms with E-state index in [1.165, 1.54) is 4.31 Å². The molecule has 190 valence electrons. The largest absolute Gasteiger partial charge is 0.490 e. The number of benzene rings is 2. The second-order valence-electron chi connectivity index (χ2n) is 9.05. The number of ether oxygens (including phenoxy) is 1. The first kappa shape index (κ1) is 26.2. The van der Waals surface area contributed by atoms with Gasteiger partial charge in [-0.05, 0) is 61.9 Å². The summed E-state index contributed by atoms with van der Waals surface area (Å²) in [5.41, 5.74) is 1.43. The Hall–Kier alpha value is -1.84. The summed E-state index contributed by atoms with van der Waals surface area (Å²) >= 11 is 12.1. The molecule has 10 heteroatoms. The van der Waals surface area contributed by atoms with Crippen molar-refractivity contribution in [3.05, 3.63) is 63.6 Å². The Morgan fingerprint density at radius 1 is 0.971 bits per heavy atom. The first-order valence-corrected chi connectivity index (χ1v) is 14.2. The van der Waals surface area contributed by atoms with Gasteiger partial charge >= 0.3 is 10.2 Å². The lowest BCUT2D eigenvalue weighted by atomic mass is 10.00. The second-order valence-corrected chi connectivity index (χ2v) is 11.5. The van der Waals surface area contributed by atoms with Crippen LogP contribution < -0.4 is 9.46 Å². The zero-order chi connectivity index (χ0) is 25.0. The van der Waals surface area contributed by atoms with Gasteiger partial charge in [-0.3, -0.25) is 4.79 Å². The fourth-order valence-electron chi connectivity index (χ4n) is 4.68. The molecule has 2 saturated heterocycles. The molecule has 4 rings (SSSR count). The maximum Gasteiger partial charge on any atom is 0.304 e. The lowest BCUT2D eigenvalue weighted by Gasteiger charge is -2.41. The first-order chi connectivity index (χ1) is 16.7. The smallest absolute Gasteiger partial charge is 0.304 e. The van der Waals surface area contributed by atoms with Gasteiger partial charge in [0.25, 0.3) is 5.91 Å². The normalized spacial score (nSPS) is 18.9. The van der Waals surface area contributed by atoms with Crippen LogP contribution in [0, 0.1) is 0 Å². The van der Waals surface area contributed by atoms with Gasteiger partial charge in [0.1, 0.15) is 11.9 Å². The summed E-state index contributed by atoms with van der Waals surface area (Å²) in [6.07, 6.45) is 4.23. The number of rotatable bonds is 7. The van der Waals surface area contributed by atoms with Crippen molar-refractivity contribution in [2.75, 3.05) is 26.2 Å². The third-order valence-electron chi connectivity index (χ3n) is 6.80. The maximum absolute atomic E-state index is 12.8. The quantitative estimate of drug-likeness (QED) is 0.558. The first-order valence-electron chi connectivity index (χ1n) is 12.0. The molecule has 35 heavy (non-hydrogen) atoms. The molecule has 0 aromatic heterocycles. The fraction of sp³-hybridized carbons (Fsp3) is 0.480. The monoisotopic (exact) mass is 539 g/mol. The van der Waals surface area contributed by atoms with E-state index in [2.05, 4.69) is 9.62 Å². The Morgan fingerprint density at radius 3 is 2.23 bits per heavy atom. The molecule has 1 N–H and O–H groups in total. The molecular weight excluding hydrogens is 509 g/mol. The van der Waals surface area contributed by atoms with Gasteiger partial charge in [0.2, 0.25) is 0 Å². The molecule has 7 nitrogen and oxygen atoms in total. The lowest BCUT2D eigenvalue weighted by molar-refractivity contribution is 0.0584. The number of halogens is 2. The van der Waals surface area contributed by atoms with Crippen molar-refractivity contribution >= 4 is 39.3 Å². The Labute approximate surface area is 217 Å². The number of nitrogens with one attached hydrogen (secondary N) is 1. The van der Waals surface area contributed by atoms with Crippen LogP contribution in [0.4, 0.5) is 0 Å². The van der Waals surface area contributed by atoms with Gasteiger partial charge in [0, 0.05) is 43.9 Å². The molecule has 0 unspecified atom stereocenters. The summed E-state index contributed by atoms with van der Waals surface area (Å²) in [4.78, 5) is 14.9. The highest BCUT2D eigenvalue weighted by atomic mass is 35.5.